The quantitative estimate of drug-likeness (QED) is 0.747. The minimum absolute atomic E-state index is 0.486. The number of hydrogen-bond acceptors (Lipinski definition) is 3. The second-order valence-electron chi connectivity index (χ2n) is 4.26. The molecule has 0 spiro atoms. The summed E-state index contributed by atoms with van der Waals surface area (Å²) in [6.45, 7) is 0. The summed E-state index contributed by atoms with van der Waals surface area (Å²) in [5.41, 5.74) is 2.44. The first kappa shape index (κ1) is 12.5. The van der Waals surface area contributed by atoms with Crippen LogP contribution in [-0.4, -0.2) is 10.1 Å². The van der Waals surface area contributed by atoms with Crippen molar-refractivity contribution in [2.75, 3.05) is 0 Å². The Balaban J connectivity index is 2.16. The average molecular weight is 348 g/mol. The van der Waals surface area contributed by atoms with Gasteiger partial charge in [-0.25, -0.2) is 0 Å². The van der Waals surface area contributed by atoms with E-state index < -0.39 is 0 Å². The van der Waals surface area contributed by atoms with Crippen LogP contribution in [0.1, 0.15) is 30.1 Å². The molecule has 0 aromatic carbocycles. The monoisotopic (exact) mass is 346 g/mol. The van der Waals surface area contributed by atoms with Crippen molar-refractivity contribution < 1.29 is 4.52 Å². The van der Waals surface area contributed by atoms with Gasteiger partial charge in [-0.2, -0.15) is 0 Å². The van der Waals surface area contributed by atoms with E-state index >= 15 is 0 Å². The Morgan fingerprint density at radius 1 is 1.28 bits per heavy atom. The summed E-state index contributed by atoms with van der Waals surface area (Å²) in [5, 5.41) is 5.78. The molecule has 18 heavy (non-hydrogen) atoms. The van der Waals surface area contributed by atoms with E-state index in [1.807, 2.05) is 0 Å². The molecular weight excluding hydrogens is 339 g/mol. The summed E-state index contributed by atoms with van der Waals surface area (Å²) in [7, 11) is 0. The average Bonchev–Trinajstić information content (AvgIpc) is 3.10. The minimum Gasteiger partial charge on any atom is -0.360 e. The molecule has 0 bridgehead atoms. The molecule has 0 aliphatic heterocycles. The number of aromatic nitrogens is 2. The molecule has 3 nitrogen and oxygen atoms in total. The third-order valence-electron chi connectivity index (χ3n) is 2.99. The zero-order chi connectivity index (χ0) is 12.7. The number of alkyl halides is 1. The molecular formula is C12H9BrCl2N2O. The Bertz CT molecular complexity index is 576. The van der Waals surface area contributed by atoms with Crippen LogP contribution in [0.5, 0.6) is 0 Å². The van der Waals surface area contributed by atoms with Crippen LogP contribution < -0.4 is 0 Å². The van der Waals surface area contributed by atoms with Gasteiger partial charge in [0, 0.05) is 34.8 Å². The zero-order valence-corrected chi connectivity index (χ0v) is 12.4. The highest BCUT2D eigenvalue weighted by Crippen LogP contribution is 2.46. The summed E-state index contributed by atoms with van der Waals surface area (Å²) >= 11 is 15.8. The Morgan fingerprint density at radius 2 is 1.94 bits per heavy atom. The number of nitrogens with zero attached hydrogens (tertiary/aromatic N) is 2. The van der Waals surface area contributed by atoms with Gasteiger partial charge in [0.15, 0.2) is 0 Å². The highest BCUT2D eigenvalue weighted by atomic mass is 79.9. The van der Waals surface area contributed by atoms with E-state index in [9.17, 15) is 0 Å². The van der Waals surface area contributed by atoms with E-state index in [4.69, 9.17) is 27.7 Å². The lowest BCUT2D eigenvalue weighted by Crippen LogP contribution is -1.89. The predicted molar refractivity (Wildman–Crippen MR) is 74.4 cm³/mol. The number of rotatable bonds is 3. The highest BCUT2D eigenvalue weighted by molar-refractivity contribution is 9.08. The standard InChI is InChI=1S/C12H9BrCl2N2O/c13-3-7-11(17-18-12(7)6-1-2-6)10-8(14)4-16-5-9(10)15/h4-6H,1-3H2. The van der Waals surface area contributed by atoms with Crippen molar-refractivity contribution in [3.63, 3.8) is 0 Å². The zero-order valence-electron chi connectivity index (χ0n) is 9.29. The summed E-state index contributed by atoms with van der Waals surface area (Å²) in [6, 6.07) is 0. The third kappa shape index (κ3) is 2.06. The van der Waals surface area contributed by atoms with Gasteiger partial charge in [0.05, 0.1) is 10.0 Å². The van der Waals surface area contributed by atoms with Gasteiger partial charge in [0.1, 0.15) is 11.5 Å². The van der Waals surface area contributed by atoms with Crippen LogP contribution in [0.25, 0.3) is 11.3 Å². The fourth-order valence-electron chi connectivity index (χ4n) is 1.95. The molecule has 3 rings (SSSR count). The van der Waals surface area contributed by atoms with Gasteiger partial charge in [-0.1, -0.05) is 44.3 Å². The molecule has 0 radical (unpaired) electrons. The Morgan fingerprint density at radius 3 is 2.50 bits per heavy atom. The van der Waals surface area contributed by atoms with E-state index in [0.29, 0.717) is 32.6 Å². The van der Waals surface area contributed by atoms with Crippen molar-refractivity contribution in [1.82, 2.24) is 10.1 Å². The first-order chi connectivity index (χ1) is 8.72. The maximum absolute atomic E-state index is 6.15. The van der Waals surface area contributed by atoms with Gasteiger partial charge in [-0.15, -0.1) is 0 Å². The number of halogens is 3. The van der Waals surface area contributed by atoms with Crippen LogP contribution in [0.3, 0.4) is 0 Å². The van der Waals surface area contributed by atoms with Crippen LogP contribution in [0.15, 0.2) is 16.9 Å². The van der Waals surface area contributed by atoms with Gasteiger partial charge in [0.2, 0.25) is 0 Å². The molecule has 1 aliphatic carbocycles. The van der Waals surface area contributed by atoms with E-state index in [2.05, 4.69) is 26.1 Å². The van der Waals surface area contributed by atoms with Crippen LogP contribution in [0, 0.1) is 0 Å². The van der Waals surface area contributed by atoms with Crippen molar-refractivity contribution in [3.05, 3.63) is 33.8 Å². The van der Waals surface area contributed by atoms with Gasteiger partial charge < -0.3 is 4.52 Å². The molecule has 0 saturated heterocycles. The summed E-state index contributed by atoms with van der Waals surface area (Å²) in [4.78, 5) is 3.95. The molecule has 0 amide bonds. The second kappa shape index (κ2) is 4.83. The van der Waals surface area contributed by atoms with E-state index in [1.54, 1.807) is 12.4 Å². The number of pyridine rings is 1. The van der Waals surface area contributed by atoms with Gasteiger partial charge in [-0.3, -0.25) is 4.98 Å². The molecule has 94 valence electrons. The largest absolute Gasteiger partial charge is 0.360 e. The Hall–Kier alpha value is -0.580. The molecule has 0 atom stereocenters. The Labute approximate surface area is 123 Å². The van der Waals surface area contributed by atoms with E-state index in [1.165, 1.54) is 0 Å². The fraction of sp³-hybridized carbons (Fsp3) is 0.333. The molecule has 2 aromatic heterocycles. The maximum atomic E-state index is 6.15. The van der Waals surface area contributed by atoms with Crippen molar-refractivity contribution in [1.29, 1.82) is 0 Å². The minimum atomic E-state index is 0.486. The summed E-state index contributed by atoms with van der Waals surface area (Å²) in [6.07, 6.45) is 5.44. The molecule has 1 aliphatic rings. The SMILES string of the molecule is Clc1cncc(Cl)c1-c1noc(C2CC2)c1CBr. The van der Waals surface area contributed by atoms with E-state index in [0.717, 1.165) is 24.2 Å². The molecule has 6 heteroatoms. The maximum Gasteiger partial charge on any atom is 0.144 e. The molecule has 2 aromatic rings. The Kier molecular flexibility index (Phi) is 3.34. The lowest BCUT2D eigenvalue weighted by atomic mass is 10.1. The second-order valence-corrected chi connectivity index (χ2v) is 5.64. The molecule has 0 unspecified atom stereocenters. The lowest BCUT2D eigenvalue weighted by Gasteiger charge is -2.04. The molecule has 0 N–H and O–H groups in total. The molecule has 1 saturated carbocycles. The summed E-state index contributed by atoms with van der Waals surface area (Å²) in [5.74, 6) is 1.45. The van der Waals surface area contributed by atoms with Crippen molar-refractivity contribution >= 4 is 39.1 Å². The van der Waals surface area contributed by atoms with Crippen molar-refractivity contribution in [2.24, 2.45) is 0 Å². The van der Waals surface area contributed by atoms with Gasteiger partial charge in [-0.05, 0) is 12.8 Å². The lowest BCUT2D eigenvalue weighted by molar-refractivity contribution is 0.385. The molecule has 1 fully saturated rings. The van der Waals surface area contributed by atoms with Crippen molar-refractivity contribution in [2.45, 2.75) is 24.1 Å². The molecule has 2 heterocycles. The van der Waals surface area contributed by atoms with Crippen LogP contribution >= 0.6 is 39.1 Å². The van der Waals surface area contributed by atoms with Crippen LogP contribution in [0.2, 0.25) is 10.0 Å². The highest BCUT2D eigenvalue weighted by Gasteiger charge is 2.32. The van der Waals surface area contributed by atoms with Gasteiger partial charge >= 0.3 is 0 Å². The topological polar surface area (TPSA) is 38.9 Å². The fourth-order valence-corrected chi connectivity index (χ4v) is 3.04. The summed E-state index contributed by atoms with van der Waals surface area (Å²) < 4.78 is 5.46. The number of hydrogen-bond donors (Lipinski definition) is 0. The predicted octanol–water partition coefficient (Wildman–Crippen LogP) is 4.82. The smallest absolute Gasteiger partial charge is 0.144 e. The normalized spacial score (nSPS) is 15.1. The van der Waals surface area contributed by atoms with Crippen LogP contribution in [-0.2, 0) is 5.33 Å². The van der Waals surface area contributed by atoms with Crippen LogP contribution in [0.4, 0.5) is 0 Å². The van der Waals surface area contributed by atoms with Gasteiger partial charge in [0.25, 0.3) is 0 Å². The van der Waals surface area contributed by atoms with Crippen molar-refractivity contribution in [3.8, 4) is 11.3 Å². The third-order valence-corrected chi connectivity index (χ3v) is 4.12. The van der Waals surface area contributed by atoms with E-state index in [-0.39, 0.29) is 0 Å². The first-order valence-corrected chi connectivity index (χ1v) is 7.44. The first-order valence-electron chi connectivity index (χ1n) is 5.56.